The van der Waals surface area contributed by atoms with E-state index in [1.54, 1.807) is 0 Å². The van der Waals surface area contributed by atoms with E-state index < -0.39 is 0 Å². The Hall–Kier alpha value is -1.02. The van der Waals surface area contributed by atoms with Crippen molar-refractivity contribution in [2.75, 3.05) is 24.5 Å². The second-order valence-electron chi connectivity index (χ2n) is 4.54. The molecule has 0 radical (unpaired) electrons. The van der Waals surface area contributed by atoms with E-state index in [1.165, 1.54) is 42.6 Å². The summed E-state index contributed by atoms with van der Waals surface area (Å²) in [4.78, 5) is 2.46. The number of rotatable bonds is 5. The van der Waals surface area contributed by atoms with Crippen LogP contribution in [0.3, 0.4) is 0 Å². The minimum absolute atomic E-state index is 0.814. The molecule has 1 aromatic rings. The summed E-state index contributed by atoms with van der Waals surface area (Å²) >= 11 is 0. The van der Waals surface area contributed by atoms with Gasteiger partial charge in [0.2, 0.25) is 0 Å². The molecule has 2 nitrogen and oxygen atoms in total. The summed E-state index contributed by atoms with van der Waals surface area (Å²) in [5.41, 5.74) is 9.97. The van der Waals surface area contributed by atoms with Gasteiger partial charge in [-0.25, -0.2) is 0 Å². The predicted molar refractivity (Wildman–Crippen MR) is 70.0 cm³/mol. The first kappa shape index (κ1) is 11.5. The molecule has 0 atom stereocenters. The standard InChI is InChI=1S/C14H22N2/c1-2-16-10-8-13-11-12(5-3-4-9-15)6-7-14(13)16/h6-7,11H,2-5,8-10,15H2,1H3. The molecule has 0 aromatic heterocycles. The van der Waals surface area contributed by atoms with Crippen LogP contribution in [0.1, 0.15) is 30.9 Å². The summed E-state index contributed by atoms with van der Waals surface area (Å²) in [6, 6.07) is 6.97. The van der Waals surface area contributed by atoms with Crippen molar-refractivity contribution in [1.82, 2.24) is 0 Å². The highest BCUT2D eigenvalue weighted by Crippen LogP contribution is 2.28. The van der Waals surface area contributed by atoms with Gasteiger partial charge in [0, 0.05) is 18.8 Å². The number of likely N-dealkylation sites (N-methyl/N-ethyl adjacent to an activating group) is 1. The lowest BCUT2D eigenvalue weighted by Gasteiger charge is -2.16. The number of nitrogens with zero attached hydrogens (tertiary/aromatic N) is 1. The van der Waals surface area contributed by atoms with Crippen molar-refractivity contribution in [3.8, 4) is 0 Å². The molecule has 1 aliphatic heterocycles. The highest BCUT2D eigenvalue weighted by molar-refractivity contribution is 5.59. The smallest absolute Gasteiger partial charge is 0.0399 e. The molecule has 0 amide bonds. The van der Waals surface area contributed by atoms with Crippen LogP contribution in [-0.4, -0.2) is 19.6 Å². The number of unbranched alkanes of at least 4 members (excludes halogenated alkanes) is 1. The molecular formula is C14H22N2. The van der Waals surface area contributed by atoms with E-state index in [0.29, 0.717) is 0 Å². The van der Waals surface area contributed by atoms with Gasteiger partial charge in [-0.15, -0.1) is 0 Å². The molecule has 0 aliphatic carbocycles. The quantitative estimate of drug-likeness (QED) is 0.769. The molecule has 1 aromatic carbocycles. The van der Waals surface area contributed by atoms with E-state index in [1.807, 2.05) is 0 Å². The molecule has 88 valence electrons. The molecule has 2 rings (SSSR count). The number of fused-ring (bicyclic) bond motifs is 1. The minimum Gasteiger partial charge on any atom is -0.371 e. The fraction of sp³-hybridized carbons (Fsp3) is 0.571. The zero-order chi connectivity index (χ0) is 11.4. The maximum absolute atomic E-state index is 5.51. The molecule has 1 heterocycles. The molecule has 1 aliphatic rings. The van der Waals surface area contributed by atoms with Gasteiger partial charge in [-0.3, -0.25) is 0 Å². The first-order valence-electron chi connectivity index (χ1n) is 6.42. The van der Waals surface area contributed by atoms with Crippen LogP contribution in [0.15, 0.2) is 18.2 Å². The number of benzene rings is 1. The third-order valence-electron chi connectivity index (χ3n) is 3.44. The number of nitrogens with two attached hydrogens (primary N) is 1. The Morgan fingerprint density at radius 1 is 1.31 bits per heavy atom. The monoisotopic (exact) mass is 218 g/mol. The van der Waals surface area contributed by atoms with E-state index in [-0.39, 0.29) is 0 Å². The molecule has 0 saturated carbocycles. The van der Waals surface area contributed by atoms with Crippen LogP contribution in [0.25, 0.3) is 0 Å². The number of hydrogen-bond acceptors (Lipinski definition) is 2. The predicted octanol–water partition coefficient (Wildman–Crippen LogP) is 2.35. The van der Waals surface area contributed by atoms with Crippen LogP contribution in [0.5, 0.6) is 0 Å². The maximum Gasteiger partial charge on any atom is 0.0399 e. The lowest BCUT2D eigenvalue weighted by molar-refractivity contribution is 0.744. The topological polar surface area (TPSA) is 29.3 Å². The van der Waals surface area contributed by atoms with Crippen LogP contribution in [-0.2, 0) is 12.8 Å². The summed E-state index contributed by atoms with van der Waals surface area (Å²) in [6.07, 6.45) is 4.75. The lowest BCUT2D eigenvalue weighted by Crippen LogP contribution is -2.18. The summed E-state index contributed by atoms with van der Waals surface area (Å²) < 4.78 is 0. The Morgan fingerprint density at radius 3 is 2.94 bits per heavy atom. The Balaban J connectivity index is 2.03. The zero-order valence-electron chi connectivity index (χ0n) is 10.2. The van der Waals surface area contributed by atoms with E-state index >= 15 is 0 Å². The Morgan fingerprint density at radius 2 is 2.19 bits per heavy atom. The van der Waals surface area contributed by atoms with Gasteiger partial charge in [-0.05, 0) is 56.3 Å². The van der Waals surface area contributed by atoms with Gasteiger partial charge in [-0.2, -0.15) is 0 Å². The first-order valence-corrected chi connectivity index (χ1v) is 6.42. The minimum atomic E-state index is 0.814. The largest absolute Gasteiger partial charge is 0.371 e. The fourth-order valence-electron chi connectivity index (χ4n) is 2.48. The van der Waals surface area contributed by atoms with Gasteiger partial charge in [0.25, 0.3) is 0 Å². The second-order valence-corrected chi connectivity index (χ2v) is 4.54. The zero-order valence-corrected chi connectivity index (χ0v) is 10.2. The fourth-order valence-corrected chi connectivity index (χ4v) is 2.48. The normalized spacial score (nSPS) is 14.2. The van der Waals surface area contributed by atoms with E-state index in [0.717, 1.165) is 19.5 Å². The number of aryl methyl sites for hydroxylation is 1. The molecular weight excluding hydrogens is 196 g/mol. The van der Waals surface area contributed by atoms with Gasteiger partial charge >= 0.3 is 0 Å². The Kier molecular flexibility index (Phi) is 3.83. The average molecular weight is 218 g/mol. The first-order chi connectivity index (χ1) is 7.85. The molecule has 0 spiro atoms. The van der Waals surface area contributed by atoms with Gasteiger partial charge in [0.1, 0.15) is 0 Å². The van der Waals surface area contributed by atoms with Gasteiger partial charge < -0.3 is 10.6 Å². The second kappa shape index (κ2) is 5.35. The Bertz CT molecular complexity index is 347. The van der Waals surface area contributed by atoms with Crippen molar-refractivity contribution >= 4 is 5.69 Å². The average Bonchev–Trinajstić information content (AvgIpc) is 2.71. The molecule has 2 heteroatoms. The van der Waals surface area contributed by atoms with Crippen molar-refractivity contribution < 1.29 is 0 Å². The summed E-state index contributed by atoms with van der Waals surface area (Å²) in [6.45, 7) is 5.36. The molecule has 2 N–H and O–H groups in total. The van der Waals surface area contributed by atoms with Crippen molar-refractivity contribution in [2.24, 2.45) is 5.73 Å². The van der Waals surface area contributed by atoms with Crippen molar-refractivity contribution in [3.05, 3.63) is 29.3 Å². The summed E-state index contributed by atoms with van der Waals surface area (Å²) in [5.74, 6) is 0. The number of anilines is 1. The third kappa shape index (κ3) is 2.38. The van der Waals surface area contributed by atoms with Crippen LogP contribution < -0.4 is 10.6 Å². The maximum atomic E-state index is 5.51. The highest BCUT2D eigenvalue weighted by Gasteiger charge is 2.17. The van der Waals surface area contributed by atoms with Crippen LogP contribution in [0.4, 0.5) is 5.69 Å². The SMILES string of the molecule is CCN1CCc2cc(CCCCN)ccc21. The lowest BCUT2D eigenvalue weighted by atomic mass is 10.0. The van der Waals surface area contributed by atoms with Gasteiger partial charge in [0.15, 0.2) is 0 Å². The van der Waals surface area contributed by atoms with Crippen LogP contribution >= 0.6 is 0 Å². The summed E-state index contributed by atoms with van der Waals surface area (Å²) in [5, 5.41) is 0. The van der Waals surface area contributed by atoms with Crippen molar-refractivity contribution in [3.63, 3.8) is 0 Å². The summed E-state index contributed by atoms with van der Waals surface area (Å²) in [7, 11) is 0. The van der Waals surface area contributed by atoms with E-state index in [2.05, 4.69) is 30.0 Å². The molecule has 0 unspecified atom stereocenters. The van der Waals surface area contributed by atoms with Crippen LogP contribution in [0.2, 0.25) is 0 Å². The van der Waals surface area contributed by atoms with Gasteiger partial charge in [-0.1, -0.05) is 12.1 Å². The van der Waals surface area contributed by atoms with E-state index in [9.17, 15) is 0 Å². The van der Waals surface area contributed by atoms with Crippen LogP contribution in [0, 0.1) is 0 Å². The van der Waals surface area contributed by atoms with E-state index in [4.69, 9.17) is 5.73 Å². The highest BCUT2D eigenvalue weighted by atomic mass is 15.1. The molecule has 0 bridgehead atoms. The van der Waals surface area contributed by atoms with Crippen molar-refractivity contribution in [1.29, 1.82) is 0 Å². The third-order valence-corrected chi connectivity index (χ3v) is 3.44. The van der Waals surface area contributed by atoms with Gasteiger partial charge in [0.05, 0.1) is 0 Å². The molecule has 16 heavy (non-hydrogen) atoms. The Labute approximate surface area is 98.4 Å². The van der Waals surface area contributed by atoms with Crippen molar-refractivity contribution in [2.45, 2.75) is 32.6 Å². The number of hydrogen-bond donors (Lipinski definition) is 1. The molecule has 0 fully saturated rings. The molecule has 0 saturated heterocycles.